The van der Waals surface area contributed by atoms with Gasteiger partial charge in [-0.1, -0.05) is 39.7 Å². The van der Waals surface area contributed by atoms with Crippen LogP contribution >= 0.6 is 27.5 Å². The third-order valence-corrected chi connectivity index (χ3v) is 5.86. The van der Waals surface area contributed by atoms with Crippen molar-refractivity contribution >= 4 is 44.4 Å². The highest BCUT2D eigenvalue weighted by Gasteiger charge is 2.27. The van der Waals surface area contributed by atoms with Gasteiger partial charge in [0.15, 0.2) is 5.76 Å². The number of halogens is 2. The van der Waals surface area contributed by atoms with Crippen LogP contribution in [0.15, 0.2) is 51.4 Å². The number of rotatable bonds is 5. The van der Waals surface area contributed by atoms with Crippen molar-refractivity contribution in [2.24, 2.45) is 0 Å². The SMILES string of the molecule is Cc1c(C(=O)N(Cc2ccc(Cl)cc2)CC2CCCO2)oc2cc(Br)ccc12. The molecule has 0 aliphatic carbocycles. The van der Waals surface area contributed by atoms with Gasteiger partial charge in [0.05, 0.1) is 6.10 Å². The summed E-state index contributed by atoms with van der Waals surface area (Å²) in [4.78, 5) is 15.2. The normalized spacial score (nSPS) is 16.6. The molecule has 28 heavy (non-hydrogen) atoms. The first-order chi connectivity index (χ1) is 13.5. The van der Waals surface area contributed by atoms with E-state index < -0.39 is 0 Å². The van der Waals surface area contributed by atoms with Gasteiger partial charge in [0.25, 0.3) is 5.91 Å². The van der Waals surface area contributed by atoms with Crippen LogP contribution in [0.1, 0.15) is 34.5 Å². The summed E-state index contributed by atoms with van der Waals surface area (Å²) >= 11 is 9.46. The number of carbonyl (C=O) groups excluding carboxylic acids is 1. The van der Waals surface area contributed by atoms with Crippen LogP contribution in [0.4, 0.5) is 0 Å². The van der Waals surface area contributed by atoms with Crippen molar-refractivity contribution in [1.82, 2.24) is 4.90 Å². The Morgan fingerprint density at radius 1 is 1.25 bits per heavy atom. The van der Waals surface area contributed by atoms with Crippen LogP contribution in [-0.2, 0) is 11.3 Å². The molecule has 1 aromatic heterocycles. The van der Waals surface area contributed by atoms with Gasteiger partial charge >= 0.3 is 0 Å². The van der Waals surface area contributed by atoms with Crippen molar-refractivity contribution in [1.29, 1.82) is 0 Å². The zero-order valence-electron chi connectivity index (χ0n) is 15.6. The summed E-state index contributed by atoms with van der Waals surface area (Å²) in [7, 11) is 0. The van der Waals surface area contributed by atoms with E-state index in [2.05, 4.69) is 15.9 Å². The van der Waals surface area contributed by atoms with Crippen molar-refractivity contribution in [3.8, 4) is 0 Å². The maximum Gasteiger partial charge on any atom is 0.290 e. The van der Waals surface area contributed by atoms with Gasteiger partial charge in [0, 0.05) is 40.1 Å². The highest BCUT2D eigenvalue weighted by molar-refractivity contribution is 9.10. The molecule has 1 aliphatic rings. The zero-order valence-corrected chi connectivity index (χ0v) is 17.9. The molecule has 1 amide bonds. The molecule has 146 valence electrons. The van der Waals surface area contributed by atoms with E-state index in [0.29, 0.717) is 29.5 Å². The Morgan fingerprint density at radius 3 is 2.75 bits per heavy atom. The lowest BCUT2D eigenvalue weighted by Crippen LogP contribution is -2.37. The molecule has 0 saturated carbocycles. The molecule has 0 radical (unpaired) electrons. The lowest BCUT2D eigenvalue weighted by molar-refractivity contribution is 0.0485. The second kappa shape index (κ2) is 8.27. The Kier molecular flexibility index (Phi) is 5.76. The predicted molar refractivity (Wildman–Crippen MR) is 114 cm³/mol. The molecule has 4 rings (SSSR count). The summed E-state index contributed by atoms with van der Waals surface area (Å²) in [5, 5.41) is 1.63. The van der Waals surface area contributed by atoms with Crippen LogP contribution in [0.25, 0.3) is 11.0 Å². The number of hydrogen-bond donors (Lipinski definition) is 0. The van der Waals surface area contributed by atoms with E-state index in [4.69, 9.17) is 20.8 Å². The van der Waals surface area contributed by atoms with Crippen LogP contribution in [-0.4, -0.2) is 30.1 Å². The monoisotopic (exact) mass is 461 g/mol. The van der Waals surface area contributed by atoms with Gasteiger partial charge in [0.1, 0.15) is 5.58 Å². The van der Waals surface area contributed by atoms with Crippen molar-refractivity contribution in [2.45, 2.75) is 32.4 Å². The number of hydrogen-bond acceptors (Lipinski definition) is 3. The first-order valence-electron chi connectivity index (χ1n) is 9.35. The predicted octanol–water partition coefficient (Wildman–Crippen LogP) is 5.98. The lowest BCUT2D eigenvalue weighted by Gasteiger charge is -2.25. The Hall–Kier alpha value is -1.82. The quantitative estimate of drug-likeness (QED) is 0.468. The minimum absolute atomic E-state index is 0.0649. The topological polar surface area (TPSA) is 42.7 Å². The molecule has 1 aliphatic heterocycles. The molecular formula is C22H21BrClNO3. The molecule has 3 aromatic rings. The molecule has 2 aromatic carbocycles. The number of amides is 1. The van der Waals surface area contributed by atoms with Gasteiger partial charge in [-0.15, -0.1) is 0 Å². The standard InChI is InChI=1S/C22H21BrClNO3/c1-14-19-9-6-16(23)11-20(19)28-21(14)22(26)25(13-18-3-2-10-27-18)12-15-4-7-17(24)8-5-15/h4-9,11,18H,2-3,10,12-13H2,1H3. The van der Waals surface area contributed by atoms with Crippen molar-refractivity contribution < 1.29 is 13.9 Å². The van der Waals surface area contributed by atoms with Crippen molar-refractivity contribution in [3.63, 3.8) is 0 Å². The summed E-state index contributed by atoms with van der Waals surface area (Å²) in [5.41, 5.74) is 2.59. The van der Waals surface area contributed by atoms with E-state index >= 15 is 0 Å². The Balaban J connectivity index is 1.65. The van der Waals surface area contributed by atoms with Gasteiger partial charge in [-0.3, -0.25) is 4.79 Å². The average Bonchev–Trinajstić information content (AvgIpc) is 3.30. The number of aryl methyl sites for hydroxylation is 1. The molecule has 0 spiro atoms. The number of benzene rings is 2. The van der Waals surface area contributed by atoms with E-state index in [1.165, 1.54) is 0 Å². The van der Waals surface area contributed by atoms with Gasteiger partial charge in [-0.05, 0) is 55.7 Å². The Morgan fingerprint density at radius 2 is 2.04 bits per heavy atom. The van der Waals surface area contributed by atoms with E-state index in [1.54, 1.807) is 0 Å². The largest absolute Gasteiger partial charge is 0.451 e. The summed E-state index contributed by atoms with van der Waals surface area (Å²) in [6, 6.07) is 13.4. The number of fused-ring (bicyclic) bond motifs is 1. The maximum atomic E-state index is 13.4. The molecular weight excluding hydrogens is 442 g/mol. The van der Waals surface area contributed by atoms with Crippen LogP contribution in [0, 0.1) is 6.92 Å². The second-order valence-corrected chi connectivity index (χ2v) is 8.50. The number of nitrogens with zero attached hydrogens (tertiary/aromatic N) is 1. The number of furan rings is 1. The number of carbonyl (C=O) groups is 1. The molecule has 1 saturated heterocycles. The summed E-state index contributed by atoms with van der Waals surface area (Å²) in [6.07, 6.45) is 2.07. The van der Waals surface area contributed by atoms with Crippen molar-refractivity contribution in [3.05, 3.63) is 68.8 Å². The van der Waals surface area contributed by atoms with Crippen LogP contribution in [0.5, 0.6) is 0 Å². The van der Waals surface area contributed by atoms with E-state index in [0.717, 1.165) is 40.4 Å². The number of ether oxygens (including phenoxy) is 1. The van der Waals surface area contributed by atoms with E-state index in [1.807, 2.05) is 54.3 Å². The van der Waals surface area contributed by atoms with Gasteiger partial charge in [-0.2, -0.15) is 0 Å². The fourth-order valence-corrected chi connectivity index (χ4v) is 4.08. The molecule has 2 heterocycles. The van der Waals surface area contributed by atoms with E-state index in [-0.39, 0.29) is 12.0 Å². The highest BCUT2D eigenvalue weighted by Crippen LogP contribution is 2.29. The van der Waals surface area contributed by atoms with Gasteiger partial charge in [-0.25, -0.2) is 0 Å². The first kappa shape index (κ1) is 19.5. The molecule has 0 N–H and O–H groups in total. The Labute approximate surface area is 177 Å². The van der Waals surface area contributed by atoms with Gasteiger partial charge < -0.3 is 14.1 Å². The highest BCUT2D eigenvalue weighted by atomic mass is 79.9. The van der Waals surface area contributed by atoms with Gasteiger partial charge in [0.2, 0.25) is 0 Å². The summed E-state index contributed by atoms with van der Waals surface area (Å²) < 4.78 is 12.7. The van der Waals surface area contributed by atoms with Crippen LogP contribution in [0.2, 0.25) is 5.02 Å². The lowest BCUT2D eigenvalue weighted by atomic mass is 10.1. The zero-order chi connectivity index (χ0) is 19.7. The fraction of sp³-hybridized carbons (Fsp3) is 0.318. The third-order valence-electron chi connectivity index (χ3n) is 5.12. The minimum Gasteiger partial charge on any atom is -0.451 e. The molecule has 1 atom stereocenters. The molecule has 1 unspecified atom stereocenters. The third kappa shape index (κ3) is 4.12. The van der Waals surface area contributed by atoms with Crippen LogP contribution < -0.4 is 0 Å². The van der Waals surface area contributed by atoms with Crippen molar-refractivity contribution in [2.75, 3.05) is 13.2 Å². The second-order valence-electron chi connectivity index (χ2n) is 7.14. The van der Waals surface area contributed by atoms with Crippen LogP contribution in [0.3, 0.4) is 0 Å². The molecule has 0 bridgehead atoms. The maximum absolute atomic E-state index is 13.4. The molecule has 4 nitrogen and oxygen atoms in total. The van der Waals surface area contributed by atoms with E-state index in [9.17, 15) is 4.79 Å². The average molecular weight is 463 g/mol. The minimum atomic E-state index is -0.115. The molecule has 1 fully saturated rings. The molecule has 6 heteroatoms. The first-order valence-corrected chi connectivity index (χ1v) is 10.5. The summed E-state index contributed by atoms with van der Waals surface area (Å²) in [6.45, 7) is 3.71. The fourth-order valence-electron chi connectivity index (χ4n) is 3.61. The Bertz CT molecular complexity index is 993. The smallest absolute Gasteiger partial charge is 0.290 e. The summed E-state index contributed by atoms with van der Waals surface area (Å²) in [5.74, 6) is 0.273.